The molecule has 1 heterocycles. The van der Waals surface area contributed by atoms with Crippen LogP contribution in [0.1, 0.15) is 65.2 Å². The number of hydrogen-bond donors (Lipinski definition) is 0. The van der Waals surface area contributed by atoms with Crippen molar-refractivity contribution in [3.8, 4) is 17.1 Å². The van der Waals surface area contributed by atoms with Gasteiger partial charge in [0, 0.05) is 17.3 Å². The van der Waals surface area contributed by atoms with Crippen molar-refractivity contribution in [3.05, 3.63) is 72.8 Å². The molecule has 6 rings (SSSR count). The summed E-state index contributed by atoms with van der Waals surface area (Å²) in [5.41, 5.74) is 6.23. The molecule has 224 valence electrons. The molecule has 44 heavy (non-hydrogen) atoms. The van der Waals surface area contributed by atoms with Crippen molar-refractivity contribution >= 4 is 68.8 Å². The first-order valence-corrected chi connectivity index (χ1v) is 17.2. The molecule has 0 radical (unpaired) electrons. The number of unbranched alkanes of at least 4 members (excludes halogenated alkanes) is 6. The van der Waals surface area contributed by atoms with Crippen LogP contribution in [0.15, 0.2) is 72.8 Å². The quantitative estimate of drug-likeness (QED) is 0.0731. The van der Waals surface area contributed by atoms with Gasteiger partial charge in [-0.25, -0.2) is 4.98 Å². The molecule has 3 nitrogen and oxygen atoms in total. The van der Waals surface area contributed by atoms with E-state index in [0.29, 0.717) is 0 Å². The Morgan fingerprint density at radius 1 is 0.659 bits per heavy atom. The standard InChI is InChI=1S/C39H46B2N2O/c1-5-7-9-13-23-43-38-34-26-29(41-4)19-21-32(34)31-20-18-28(40-3)25-33(31)37(38)42-39(43)36-30-16-12-11-15-27(30)17-22-35(36)44-24-14-10-8-6-2/h11-12,15-22,25-26,40-41H,5-10,13-14,23-24H2,1-4H3. The van der Waals surface area contributed by atoms with E-state index in [1.165, 1.54) is 87.3 Å². The molecule has 0 saturated heterocycles. The van der Waals surface area contributed by atoms with Gasteiger partial charge in [-0.3, -0.25) is 0 Å². The van der Waals surface area contributed by atoms with Crippen LogP contribution in [0.2, 0.25) is 13.6 Å². The third kappa shape index (κ3) is 5.86. The summed E-state index contributed by atoms with van der Waals surface area (Å²) in [6.07, 6.45) is 9.58. The van der Waals surface area contributed by atoms with Crippen molar-refractivity contribution in [1.29, 1.82) is 0 Å². The minimum absolute atomic E-state index is 0.730. The molecule has 0 unspecified atom stereocenters. The Labute approximate surface area is 264 Å². The summed E-state index contributed by atoms with van der Waals surface area (Å²) < 4.78 is 9.19. The van der Waals surface area contributed by atoms with E-state index in [1.807, 2.05) is 0 Å². The molecule has 1 aromatic heterocycles. The van der Waals surface area contributed by atoms with Gasteiger partial charge in [0.1, 0.15) is 11.6 Å². The maximum Gasteiger partial charge on any atom is 0.154 e. The van der Waals surface area contributed by atoms with Crippen molar-refractivity contribution in [1.82, 2.24) is 9.55 Å². The van der Waals surface area contributed by atoms with Crippen LogP contribution in [0, 0.1) is 0 Å². The van der Waals surface area contributed by atoms with Crippen LogP contribution in [0.3, 0.4) is 0 Å². The molecule has 0 N–H and O–H groups in total. The highest BCUT2D eigenvalue weighted by Gasteiger charge is 2.23. The highest BCUT2D eigenvalue weighted by molar-refractivity contribution is 6.53. The minimum atomic E-state index is 0.730. The molecule has 0 spiro atoms. The van der Waals surface area contributed by atoms with Crippen molar-refractivity contribution in [2.24, 2.45) is 0 Å². The third-order valence-electron chi connectivity index (χ3n) is 9.36. The Balaban J connectivity index is 1.67. The minimum Gasteiger partial charge on any atom is -0.493 e. The second kappa shape index (κ2) is 13.9. The lowest BCUT2D eigenvalue weighted by Crippen LogP contribution is -2.11. The van der Waals surface area contributed by atoms with Gasteiger partial charge in [0.2, 0.25) is 0 Å². The predicted molar refractivity (Wildman–Crippen MR) is 197 cm³/mol. The molecule has 0 atom stereocenters. The number of imidazole rings is 1. The van der Waals surface area contributed by atoms with Crippen LogP contribution in [-0.2, 0) is 6.54 Å². The second-order valence-corrected chi connectivity index (χ2v) is 12.4. The summed E-state index contributed by atoms with van der Waals surface area (Å²) >= 11 is 0. The first-order valence-electron chi connectivity index (χ1n) is 17.2. The Morgan fingerprint density at radius 2 is 1.34 bits per heavy atom. The van der Waals surface area contributed by atoms with Crippen molar-refractivity contribution in [2.75, 3.05) is 6.61 Å². The van der Waals surface area contributed by atoms with Gasteiger partial charge >= 0.3 is 0 Å². The van der Waals surface area contributed by atoms with Gasteiger partial charge in [-0.15, -0.1) is 0 Å². The fraction of sp³-hybridized carbons (Fsp3) is 0.359. The van der Waals surface area contributed by atoms with E-state index in [4.69, 9.17) is 9.72 Å². The maximum absolute atomic E-state index is 6.63. The zero-order valence-corrected chi connectivity index (χ0v) is 27.2. The molecule has 5 aromatic carbocycles. The third-order valence-corrected chi connectivity index (χ3v) is 9.36. The first-order chi connectivity index (χ1) is 21.7. The summed E-state index contributed by atoms with van der Waals surface area (Å²) in [5.74, 6) is 1.98. The lowest BCUT2D eigenvalue weighted by atomic mass is 9.72. The van der Waals surface area contributed by atoms with E-state index in [0.717, 1.165) is 63.2 Å². The molecule has 0 saturated carbocycles. The van der Waals surface area contributed by atoms with E-state index in [1.54, 1.807) is 0 Å². The SMILES string of the molecule is CBc1ccc2c3ccc(BC)cc3c3c(nc(-c4c(OCCCCCC)ccc5ccccc45)n3CCCCCC)c2c1. The molecular weight excluding hydrogens is 534 g/mol. The zero-order valence-electron chi connectivity index (χ0n) is 27.2. The summed E-state index contributed by atoms with van der Waals surface area (Å²) in [4.78, 5) is 5.64. The van der Waals surface area contributed by atoms with Gasteiger partial charge in [-0.1, -0.05) is 144 Å². The molecule has 0 fully saturated rings. The molecule has 0 aliphatic heterocycles. The zero-order chi connectivity index (χ0) is 30.5. The van der Waals surface area contributed by atoms with Crippen molar-refractivity contribution in [2.45, 2.75) is 85.4 Å². The van der Waals surface area contributed by atoms with Gasteiger partial charge in [0.25, 0.3) is 0 Å². The topological polar surface area (TPSA) is 27.1 Å². The Hall–Kier alpha value is -3.72. The molecule has 5 heteroatoms. The lowest BCUT2D eigenvalue weighted by molar-refractivity contribution is 0.306. The summed E-state index contributed by atoms with van der Waals surface area (Å²) in [6.45, 7) is 10.7. The van der Waals surface area contributed by atoms with Crippen LogP contribution in [-0.4, -0.2) is 30.7 Å². The molecule has 0 amide bonds. The number of hydrogen-bond acceptors (Lipinski definition) is 2. The lowest BCUT2D eigenvalue weighted by Gasteiger charge is -2.17. The Morgan fingerprint density at radius 3 is 2.07 bits per heavy atom. The molecule has 0 aliphatic carbocycles. The number of aromatic nitrogens is 2. The number of rotatable bonds is 14. The van der Waals surface area contributed by atoms with E-state index >= 15 is 0 Å². The largest absolute Gasteiger partial charge is 0.493 e. The van der Waals surface area contributed by atoms with E-state index in [-0.39, 0.29) is 0 Å². The van der Waals surface area contributed by atoms with Crippen molar-refractivity contribution in [3.63, 3.8) is 0 Å². The molecule has 6 aromatic rings. The number of aryl methyl sites for hydroxylation is 1. The van der Waals surface area contributed by atoms with Crippen molar-refractivity contribution < 1.29 is 4.74 Å². The normalized spacial score (nSPS) is 11.6. The van der Waals surface area contributed by atoms with Crippen LogP contribution < -0.4 is 15.7 Å². The highest BCUT2D eigenvalue weighted by atomic mass is 16.5. The predicted octanol–water partition coefficient (Wildman–Crippen LogP) is 8.92. The van der Waals surface area contributed by atoms with Gasteiger partial charge in [-0.2, -0.15) is 0 Å². The van der Waals surface area contributed by atoms with E-state index in [9.17, 15) is 0 Å². The van der Waals surface area contributed by atoms with Gasteiger partial charge in [-0.05, 0) is 40.5 Å². The molecule has 0 aliphatic rings. The average molecular weight is 580 g/mol. The van der Waals surface area contributed by atoms with Gasteiger partial charge < -0.3 is 9.30 Å². The van der Waals surface area contributed by atoms with E-state index in [2.05, 4.69) is 105 Å². The highest BCUT2D eigenvalue weighted by Crippen LogP contribution is 2.42. The van der Waals surface area contributed by atoms with Gasteiger partial charge in [0.05, 0.1) is 23.2 Å². The van der Waals surface area contributed by atoms with Gasteiger partial charge in [0.15, 0.2) is 14.6 Å². The Bertz CT molecular complexity index is 1910. The van der Waals surface area contributed by atoms with Crippen LogP contribution in [0.5, 0.6) is 5.75 Å². The fourth-order valence-electron chi connectivity index (χ4n) is 6.82. The summed E-state index contributed by atoms with van der Waals surface area (Å²) in [7, 11) is 2.02. The average Bonchev–Trinajstić information content (AvgIpc) is 3.45. The smallest absolute Gasteiger partial charge is 0.154 e. The number of fused-ring (bicyclic) bond motifs is 7. The summed E-state index contributed by atoms with van der Waals surface area (Å²) in [6, 6.07) is 27.2. The fourth-order valence-corrected chi connectivity index (χ4v) is 6.82. The maximum atomic E-state index is 6.63. The Kier molecular flexibility index (Phi) is 9.60. The molecule has 0 bridgehead atoms. The number of ether oxygens (including phenoxy) is 1. The van der Waals surface area contributed by atoms with Crippen LogP contribution in [0.4, 0.5) is 0 Å². The van der Waals surface area contributed by atoms with E-state index < -0.39 is 0 Å². The number of nitrogens with zero attached hydrogens (tertiary/aromatic N) is 2. The summed E-state index contributed by atoms with van der Waals surface area (Å²) in [5, 5.41) is 7.61. The van der Waals surface area contributed by atoms with Crippen LogP contribution in [0.25, 0.3) is 54.7 Å². The second-order valence-electron chi connectivity index (χ2n) is 12.4. The van der Waals surface area contributed by atoms with Crippen LogP contribution >= 0.6 is 0 Å². The molecular formula is C39H46B2N2O. The monoisotopic (exact) mass is 580 g/mol. The number of benzene rings is 5. The first kappa shape index (κ1) is 30.3.